The van der Waals surface area contributed by atoms with Crippen molar-refractivity contribution in [3.63, 3.8) is 0 Å². The molecule has 0 spiro atoms. The summed E-state index contributed by atoms with van der Waals surface area (Å²) in [5, 5.41) is 0. The second kappa shape index (κ2) is 7.36. The topological polar surface area (TPSA) is 63.7 Å². The lowest BCUT2D eigenvalue weighted by atomic mass is 9.59. The van der Waals surface area contributed by atoms with Crippen molar-refractivity contribution in [3.8, 4) is 0 Å². The van der Waals surface area contributed by atoms with Gasteiger partial charge in [-0.3, -0.25) is 4.79 Å². The maximum Gasteiger partial charge on any atom is 0.317 e. The van der Waals surface area contributed by atoms with E-state index in [4.69, 9.17) is 4.74 Å². The Bertz CT molecular complexity index is 1080. The zero-order chi connectivity index (χ0) is 21.6. The lowest BCUT2D eigenvalue weighted by Gasteiger charge is -2.43. The molecular formula is C24H27NO4S. The molecule has 0 radical (unpaired) electrons. The molecule has 2 aromatic rings. The maximum absolute atomic E-state index is 13.4. The van der Waals surface area contributed by atoms with Crippen molar-refractivity contribution >= 4 is 16.0 Å². The highest BCUT2D eigenvalue weighted by atomic mass is 32.2. The highest BCUT2D eigenvalue weighted by Crippen LogP contribution is 2.57. The van der Waals surface area contributed by atoms with Crippen molar-refractivity contribution in [1.29, 1.82) is 0 Å². The molecular weight excluding hydrogens is 398 g/mol. The van der Waals surface area contributed by atoms with Crippen molar-refractivity contribution in [2.75, 3.05) is 20.2 Å². The molecule has 0 unspecified atom stereocenters. The summed E-state index contributed by atoms with van der Waals surface area (Å²) in [5.74, 6) is -0.259. The molecule has 0 N–H and O–H groups in total. The first-order valence-corrected chi connectivity index (χ1v) is 11.6. The molecule has 5 nitrogen and oxygen atoms in total. The number of methoxy groups -OCH3 is 1. The van der Waals surface area contributed by atoms with Gasteiger partial charge in [-0.2, -0.15) is 4.31 Å². The average Bonchev–Trinajstić information content (AvgIpc) is 3.08. The molecule has 2 aromatic carbocycles. The zero-order valence-electron chi connectivity index (χ0n) is 17.5. The first kappa shape index (κ1) is 20.8. The van der Waals surface area contributed by atoms with Crippen LogP contribution in [0.15, 0.2) is 71.6 Å². The first-order valence-electron chi connectivity index (χ1n) is 10.1. The summed E-state index contributed by atoms with van der Waals surface area (Å²) in [7, 11) is -2.36. The monoisotopic (exact) mass is 425 g/mol. The lowest BCUT2D eigenvalue weighted by molar-refractivity contribution is -0.154. The van der Waals surface area contributed by atoms with Gasteiger partial charge in [-0.15, -0.1) is 0 Å². The zero-order valence-corrected chi connectivity index (χ0v) is 18.4. The predicted octanol–water partition coefficient (Wildman–Crippen LogP) is 3.91. The van der Waals surface area contributed by atoms with Crippen LogP contribution < -0.4 is 0 Å². The van der Waals surface area contributed by atoms with Crippen LogP contribution in [0.1, 0.15) is 30.4 Å². The van der Waals surface area contributed by atoms with Gasteiger partial charge in [0.25, 0.3) is 0 Å². The van der Waals surface area contributed by atoms with Gasteiger partial charge in [0.15, 0.2) is 0 Å². The minimum atomic E-state index is -3.72. The summed E-state index contributed by atoms with van der Waals surface area (Å²) in [6.07, 6.45) is 4.60. The van der Waals surface area contributed by atoms with Crippen LogP contribution in [0.25, 0.3) is 0 Å². The smallest absolute Gasteiger partial charge is 0.317 e. The van der Waals surface area contributed by atoms with Crippen molar-refractivity contribution in [2.24, 2.45) is 10.8 Å². The van der Waals surface area contributed by atoms with Gasteiger partial charge in [0, 0.05) is 24.4 Å². The number of carbonyl (C=O) groups is 1. The third kappa shape index (κ3) is 3.19. The third-order valence-electron chi connectivity index (χ3n) is 6.75. The number of nitrogens with zero attached hydrogens (tertiary/aromatic N) is 1. The number of ether oxygens (including phenoxy) is 1. The van der Waals surface area contributed by atoms with E-state index >= 15 is 0 Å². The number of esters is 1. The molecule has 1 saturated heterocycles. The summed E-state index contributed by atoms with van der Waals surface area (Å²) in [6, 6.07) is 16.9. The fourth-order valence-corrected chi connectivity index (χ4v) is 6.52. The van der Waals surface area contributed by atoms with Crippen LogP contribution in [0.3, 0.4) is 0 Å². The number of hydrogen-bond acceptors (Lipinski definition) is 4. The number of sulfonamides is 1. The van der Waals surface area contributed by atoms with E-state index in [1.807, 2.05) is 44.2 Å². The Kier molecular flexibility index (Phi) is 5.11. The molecule has 1 fully saturated rings. The van der Waals surface area contributed by atoms with Crippen molar-refractivity contribution in [2.45, 2.75) is 31.1 Å². The summed E-state index contributed by atoms with van der Waals surface area (Å²) in [5.41, 5.74) is 0.585. The van der Waals surface area contributed by atoms with Gasteiger partial charge in [-0.25, -0.2) is 8.42 Å². The Hall–Kier alpha value is -2.44. The number of aryl methyl sites for hydroxylation is 1. The SMILES string of the molecule is COC(=O)[C@]12C=C[C@H](c3ccccc3)C[C@@]1(C)CN(S(=O)(=O)c1ccc(C)cc1)C2. The summed E-state index contributed by atoms with van der Waals surface area (Å²) in [4.78, 5) is 13.2. The van der Waals surface area contributed by atoms with E-state index < -0.39 is 20.9 Å². The Morgan fingerprint density at radius 3 is 2.37 bits per heavy atom. The van der Waals surface area contributed by atoms with Gasteiger partial charge in [0.1, 0.15) is 5.41 Å². The van der Waals surface area contributed by atoms with Crippen LogP contribution in [0.2, 0.25) is 0 Å². The fraction of sp³-hybridized carbons (Fsp3) is 0.375. The Balaban J connectivity index is 1.74. The number of allylic oxidation sites excluding steroid dienone is 1. The normalized spacial score (nSPS) is 28.8. The highest BCUT2D eigenvalue weighted by Gasteiger charge is 2.62. The van der Waals surface area contributed by atoms with Crippen LogP contribution >= 0.6 is 0 Å². The summed E-state index contributed by atoms with van der Waals surface area (Å²) >= 11 is 0. The van der Waals surface area contributed by atoms with Crippen molar-refractivity contribution < 1.29 is 17.9 Å². The molecule has 0 saturated carbocycles. The highest BCUT2D eigenvalue weighted by molar-refractivity contribution is 7.89. The van der Waals surface area contributed by atoms with Gasteiger partial charge in [0.2, 0.25) is 10.0 Å². The van der Waals surface area contributed by atoms with Crippen LogP contribution in [-0.4, -0.2) is 38.9 Å². The van der Waals surface area contributed by atoms with E-state index in [1.54, 1.807) is 24.3 Å². The summed E-state index contributed by atoms with van der Waals surface area (Å²) in [6.45, 7) is 4.28. The average molecular weight is 426 g/mol. The number of fused-ring (bicyclic) bond motifs is 1. The van der Waals surface area contributed by atoms with Gasteiger partial charge >= 0.3 is 5.97 Å². The molecule has 3 atom stereocenters. The van der Waals surface area contributed by atoms with Gasteiger partial charge < -0.3 is 4.74 Å². The molecule has 2 aliphatic rings. The van der Waals surface area contributed by atoms with E-state index in [0.717, 1.165) is 11.1 Å². The minimum absolute atomic E-state index is 0.0877. The molecule has 0 bridgehead atoms. The largest absolute Gasteiger partial charge is 0.468 e. The molecule has 1 aliphatic carbocycles. The van der Waals surface area contributed by atoms with Crippen molar-refractivity contribution in [1.82, 2.24) is 4.31 Å². The van der Waals surface area contributed by atoms with Crippen molar-refractivity contribution in [3.05, 3.63) is 77.9 Å². The third-order valence-corrected chi connectivity index (χ3v) is 8.55. The predicted molar refractivity (Wildman–Crippen MR) is 115 cm³/mol. The van der Waals surface area contributed by atoms with Gasteiger partial charge in [-0.1, -0.05) is 67.1 Å². The van der Waals surface area contributed by atoms with Crippen LogP contribution in [0.4, 0.5) is 0 Å². The number of hydrogen-bond donors (Lipinski definition) is 0. The lowest BCUT2D eigenvalue weighted by Crippen LogP contribution is -2.47. The Morgan fingerprint density at radius 2 is 1.73 bits per heavy atom. The molecule has 158 valence electrons. The van der Waals surface area contributed by atoms with E-state index in [2.05, 4.69) is 12.1 Å². The molecule has 1 heterocycles. The summed E-state index contributed by atoms with van der Waals surface area (Å²) < 4.78 is 33.4. The second-order valence-corrected chi connectivity index (χ2v) is 10.6. The molecule has 6 heteroatoms. The second-order valence-electron chi connectivity index (χ2n) is 8.69. The van der Waals surface area contributed by atoms with Gasteiger partial charge in [0.05, 0.1) is 12.0 Å². The number of carbonyl (C=O) groups excluding carboxylic acids is 1. The van der Waals surface area contributed by atoms with E-state index in [-0.39, 0.29) is 29.9 Å². The fourth-order valence-electron chi connectivity index (χ4n) is 4.91. The Labute approximate surface area is 178 Å². The van der Waals surface area contributed by atoms with E-state index in [0.29, 0.717) is 6.42 Å². The van der Waals surface area contributed by atoms with Crippen LogP contribution in [-0.2, 0) is 19.6 Å². The molecule has 4 rings (SSSR count). The van der Waals surface area contributed by atoms with Gasteiger partial charge in [-0.05, 0) is 31.0 Å². The molecule has 1 aliphatic heterocycles. The quantitative estimate of drug-likeness (QED) is 0.550. The number of benzene rings is 2. The standard InChI is InChI=1S/C24H27NO4S/c1-18-9-11-21(12-10-18)30(27,28)25-16-23(2)15-20(19-7-5-4-6-8-19)13-14-24(23,17-25)22(26)29-3/h4-14,20H,15-17H2,1-3H3/t20-,23-,24+/m0/s1. The van der Waals surface area contributed by atoms with Crippen LogP contribution in [0, 0.1) is 17.8 Å². The maximum atomic E-state index is 13.4. The Morgan fingerprint density at radius 1 is 1.07 bits per heavy atom. The van der Waals surface area contributed by atoms with E-state index in [9.17, 15) is 13.2 Å². The van der Waals surface area contributed by atoms with E-state index in [1.165, 1.54) is 11.4 Å². The number of rotatable bonds is 4. The van der Waals surface area contributed by atoms with Crippen LogP contribution in [0.5, 0.6) is 0 Å². The first-order chi connectivity index (χ1) is 14.2. The molecule has 0 aromatic heterocycles. The minimum Gasteiger partial charge on any atom is -0.468 e. The molecule has 30 heavy (non-hydrogen) atoms. The molecule has 0 amide bonds.